The molecule has 2 atom stereocenters. The molecule has 202 valence electrons. The average molecular weight is 516 g/mol. The quantitative estimate of drug-likeness (QED) is 0.518. The highest BCUT2D eigenvalue weighted by atomic mass is 16.5. The van der Waals surface area contributed by atoms with E-state index in [2.05, 4.69) is 16.0 Å². The summed E-state index contributed by atoms with van der Waals surface area (Å²) in [7, 11) is 0. The van der Waals surface area contributed by atoms with Gasteiger partial charge in [0.15, 0.2) is 0 Å². The lowest BCUT2D eigenvalue weighted by Crippen LogP contribution is -2.51. The van der Waals surface area contributed by atoms with Crippen molar-refractivity contribution in [3.8, 4) is 5.75 Å². The van der Waals surface area contributed by atoms with Gasteiger partial charge >= 0.3 is 0 Å². The molecule has 0 aromatic heterocycles. The van der Waals surface area contributed by atoms with Crippen molar-refractivity contribution in [3.05, 3.63) is 29.8 Å². The van der Waals surface area contributed by atoms with Crippen LogP contribution in [0.25, 0.3) is 0 Å². The topological polar surface area (TPSA) is 137 Å². The maximum absolute atomic E-state index is 13.5. The van der Waals surface area contributed by atoms with Crippen molar-refractivity contribution in [2.24, 2.45) is 5.92 Å². The number of benzene rings is 1. The van der Waals surface area contributed by atoms with Gasteiger partial charge in [-0.05, 0) is 30.9 Å². The second-order valence-corrected chi connectivity index (χ2v) is 9.67. The van der Waals surface area contributed by atoms with E-state index in [9.17, 15) is 24.0 Å². The number of carbonyl (C=O) groups excluding carboxylic acids is 5. The molecule has 1 fully saturated rings. The van der Waals surface area contributed by atoms with Crippen molar-refractivity contribution in [1.29, 1.82) is 0 Å². The minimum atomic E-state index is -0.966. The maximum atomic E-state index is 13.5. The van der Waals surface area contributed by atoms with Gasteiger partial charge in [0.1, 0.15) is 24.4 Å². The Morgan fingerprint density at radius 2 is 1.70 bits per heavy atom. The van der Waals surface area contributed by atoms with Crippen LogP contribution in [0.2, 0.25) is 0 Å². The molecule has 11 heteroatoms. The Morgan fingerprint density at radius 3 is 2.43 bits per heavy atom. The van der Waals surface area contributed by atoms with Crippen LogP contribution in [0.4, 0.5) is 0 Å². The van der Waals surface area contributed by atoms with E-state index in [0.29, 0.717) is 38.3 Å². The highest BCUT2D eigenvalue weighted by molar-refractivity contribution is 6.00. The molecule has 2 aliphatic heterocycles. The van der Waals surface area contributed by atoms with Crippen molar-refractivity contribution in [2.75, 3.05) is 39.3 Å². The standard InChI is InChI=1S/C26H37N5O6/c1-17(2)23-25(35)27-11-16-37-21-8-5-4-7-19(21)24(34)28-20(9-10-22(33)29-23)26(36)31-13-6-12-30(14-15-31)18(3)32/h4-5,7-8,17,20,23H,6,9-16H2,1-3H3,(H,27,35)(H,28,34)(H,29,33)/t20-,23+/m0/s1. The van der Waals surface area contributed by atoms with Crippen LogP contribution < -0.4 is 20.7 Å². The van der Waals surface area contributed by atoms with Crippen molar-refractivity contribution < 1.29 is 28.7 Å². The Hall–Kier alpha value is -3.63. The van der Waals surface area contributed by atoms with Gasteiger partial charge in [-0.15, -0.1) is 0 Å². The van der Waals surface area contributed by atoms with E-state index in [1.54, 1.807) is 34.1 Å². The number of hydrogen-bond donors (Lipinski definition) is 3. The SMILES string of the molecule is CC(=O)N1CCCN(C(=O)[C@@H]2CCC(=O)N[C@H](C(C)C)C(=O)NCCOc3ccccc3C(=O)N2)CC1. The number of hydrogen-bond acceptors (Lipinski definition) is 6. The first-order chi connectivity index (χ1) is 17.7. The molecule has 2 heterocycles. The normalized spacial score (nSPS) is 22.3. The minimum Gasteiger partial charge on any atom is -0.491 e. The molecule has 0 spiro atoms. The van der Waals surface area contributed by atoms with Crippen LogP contribution in [0, 0.1) is 5.92 Å². The van der Waals surface area contributed by atoms with Crippen LogP contribution in [-0.2, 0) is 19.2 Å². The number of para-hydroxylation sites is 1. The van der Waals surface area contributed by atoms with Crippen LogP contribution in [0.5, 0.6) is 5.75 Å². The predicted molar refractivity (Wildman–Crippen MR) is 136 cm³/mol. The summed E-state index contributed by atoms with van der Waals surface area (Å²) in [6, 6.07) is 4.97. The van der Waals surface area contributed by atoms with E-state index in [4.69, 9.17) is 4.74 Å². The number of rotatable bonds is 2. The zero-order chi connectivity index (χ0) is 26.9. The van der Waals surface area contributed by atoms with E-state index < -0.39 is 18.0 Å². The van der Waals surface area contributed by atoms with Gasteiger partial charge in [0, 0.05) is 39.5 Å². The summed E-state index contributed by atoms with van der Waals surface area (Å²) in [5, 5.41) is 8.33. The van der Waals surface area contributed by atoms with Gasteiger partial charge in [-0.25, -0.2) is 0 Å². The van der Waals surface area contributed by atoms with Gasteiger partial charge in [0.05, 0.1) is 12.1 Å². The summed E-state index contributed by atoms with van der Waals surface area (Å²) in [4.78, 5) is 67.4. The second-order valence-electron chi connectivity index (χ2n) is 9.67. The summed E-state index contributed by atoms with van der Waals surface area (Å²) in [6.45, 7) is 7.23. The fraction of sp³-hybridized carbons (Fsp3) is 0.577. The minimum absolute atomic E-state index is 0.0477. The second kappa shape index (κ2) is 13.1. The molecule has 3 N–H and O–H groups in total. The third kappa shape index (κ3) is 7.68. The fourth-order valence-corrected chi connectivity index (χ4v) is 4.45. The van der Waals surface area contributed by atoms with Crippen LogP contribution in [0.15, 0.2) is 24.3 Å². The Bertz CT molecular complexity index is 1010. The van der Waals surface area contributed by atoms with Crippen LogP contribution in [0.1, 0.15) is 50.4 Å². The largest absolute Gasteiger partial charge is 0.491 e. The summed E-state index contributed by atoms with van der Waals surface area (Å²) in [5.41, 5.74) is 0.254. The van der Waals surface area contributed by atoms with Gasteiger partial charge in [-0.1, -0.05) is 26.0 Å². The molecule has 11 nitrogen and oxygen atoms in total. The van der Waals surface area contributed by atoms with Gasteiger partial charge < -0.3 is 30.5 Å². The van der Waals surface area contributed by atoms with Gasteiger partial charge in [0.2, 0.25) is 23.6 Å². The number of fused-ring (bicyclic) bond motifs is 1. The molecule has 37 heavy (non-hydrogen) atoms. The van der Waals surface area contributed by atoms with Gasteiger partial charge in [-0.3, -0.25) is 24.0 Å². The molecule has 0 aliphatic carbocycles. The lowest BCUT2D eigenvalue weighted by atomic mass is 10.0. The van der Waals surface area contributed by atoms with Crippen LogP contribution >= 0.6 is 0 Å². The Morgan fingerprint density at radius 1 is 1.00 bits per heavy atom. The van der Waals surface area contributed by atoms with E-state index in [1.807, 2.05) is 13.8 Å². The van der Waals surface area contributed by atoms with E-state index in [-0.39, 0.29) is 61.1 Å². The van der Waals surface area contributed by atoms with Crippen LogP contribution in [-0.4, -0.2) is 90.8 Å². The van der Waals surface area contributed by atoms with E-state index >= 15 is 0 Å². The molecule has 0 bridgehead atoms. The third-order valence-electron chi connectivity index (χ3n) is 6.57. The van der Waals surface area contributed by atoms with Crippen molar-refractivity contribution in [3.63, 3.8) is 0 Å². The molecule has 0 radical (unpaired) electrons. The summed E-state index contributed by atoms with van der Waals surface area (Å²) in [6.07, 6.45) is 0.617. The highest BCUT2D eigenvalue weighted by Crippen LogP contribution is 2.19. The number of ether oxygens (including phenoxy) is 1. The summed E-state index contributed by atoms with van der Waals surface area (Å²) in [5.74, 6) is -1.38. The Kier molecular flexibility index (Phi) is 9.87. The van der Waals surface area contributed by atoms with Crippen molar-refractivity contribution in [2.45, 2.75) is 52.1 Å². The number of nitrogens with zero attached hydrogens (tertiary/aromatic N) is 2. The van der Waals surface area contributed by atoms with Crippen molar-refractivity contribution >= 4 is 29.5 Å². The molecule has 3 rings (SSSR count). The zero-order valence-electron chi connectivity index (χ0n) is 21.7. The van der Waals surface area contributed by atoms with E-state index in [0.717, 1.165) is 0 Å². The molecule has 2 aliphatic rings. The third-order valence-corrected chi connectivity index (χ3v) is 6.57. The lowest BCUT2D eigenvalue weighted by molar-refractivity contribution is -0.135. The molecular formula is C26H37N5O6. The molecule has 0 saturated carbocycles. The maximum Gasteiger partial charge on any atom is 0.255 e. The number of amides is 5. The molecule has 1 aromatic rings. The molecule has 5 amide bonds. The molecule has 1 aromatic carbocycles. The van der Waals surface area contributed by atoms with Gasteiger partial charge in [0.25, 0.3) is 5.91 Å². The Labute approximate surface area is 217 Å². The number of carbonyl (C=O) groups is 5. The van der Waals surface area contributed by atoms with Crippen molar-refractivity contribution in [1.82, 2.24) is 25.8 Å². The molecule has 0 unspecified atom stereocenters. The smallest absolute Gasteiger partial charge is 0.255 e. The zero-order valence-corrected chi connectivity index (χ0v) is 21.7. The van der Waals surface area contributed by atoms with Gasteiger partial charge in [-0.2, -0.15) is 0 Å². The average Bonchev–Trinajstić information content (AvgIpc) is 3.13. The fourth-order valence-electron chi connectivity index (χ4n) is 4.45. The first kappa shape index (κ1) is 27.9. The van der Waals surface area contributed by atoms with E-state index in [1.165, 1.54) is 6.92 Å². The highest BCUT2D eigenvalue weighted by Gasteiger charge is 2.31. The van der Waals surface area contributed by atoms with Crippen LogP contribution in [0.3, 0.4) is 0 Å². The first-order valence-electron chi connectivity index (χ1n) is 12.8. The molecular weight excluding hydrogens is 478 g/mol. The lowest BCUT2D eigenvalue weighted by Gasteiger charge is -2.27. The first-order valence-corrected chi connectivity index (χ1v) is 12.8. The summed E-state index contributed by atoms with van der Waals surface area (Å²) < 4.78 is 5.77. The number of nitrogens with one attached hydrogen (secondary N) is 3. The molecule has 1 saturated heterocycles. The predicted octanol–water partition coefficient (Wildman–Crippen LogP) is 0.295. The summed E-state index contributed by atoms with van der Waals surface area (Å²) >= 11 is 0. The Balaban J connectivity index is 1.85. The monoisotopic (exact) mass is 515 g/mol.